The number of aryl methyl sites for hydroxylation is 1. The number of benzene rings is 3. The molecule has 0 aliphatic carbocycles. The minimum atomic E-state index is -3.74. The van der Waals surface area contributed by atoms with Gasteiger partial charge in [-0.15, -0.1) is 0 Å². The van der Waals surface area contributed by atoms with Crippen LogP contribution < -0.4 is 14.8 Å². The molecular weight excluding hydrogens is 478 g/mol. The van der Waals surface area contributed by atoms with Crippen molar-refractivity contribution in [1.82, 2.24) is 4.90 Å². The summed E-state index contributed by atoms with van der Waals surface area (Å²) in [6.45, 7) is 3.35. The number of sulfonamides is 1. The Balaban J connectivity index is 1.25. The molecule has 1 aliphatic rings. The number of carbonyl (C=O) groups is 2. The summed E-state index contributed by atoms with van der Waals surface area (Å²) in [6.07, 6.45) is 2.48. The van der Waals surface area contributed by atoms with Crippen LogP contribution in [0.15, 0.2) is 77.7 Å². The Morgan fingerprint density at radius 2 is 1.47 bits per heavy atom. The lowest BCUT2D eigenvalue weighted by Crippen LogP contribution is -2.29. The maximum atomic E-state index is 12.6. The summed E-state index contributed by atoms with van der Waals surface area (Å²) in [7, 11) is -3.74. The second kappa shape index (κ2) is 11.3. The summed E-state index contributed by atoms with van der Waals surface area (Å²) in [5, 5.41) is 2.75. The van der Waals surface area contributed by atoms with Crippen LogP contribution in [0.1, 0.15) is 24.0 Å². The number of amides is 2. The Morgan fingerprint density at radius 1 is 0.861 bits per heavy atom. The predicted octanol–water partition coefficient (Wildman–Crippen LogP) is 3.98. The molecule has 0 spiro atoms. The Labute approximate surface area is 211 Å². The topological polar surface area (TPSA) is 105 Å². The van der Waals surface area contributed by atoms with Gasteiger partial charge < -0.3 is 15.0 Å². The predicted molar refractivity (Wildman–Crippen MR) is 139 cm³/mol. The van der Waals surface area contributed by atoms with Gasteiger partial charge in [0.15, 0.2) is 6.61 Å². The average molecular weight is 508 g/mol. The normalized spacial score (nSPS) is 13.3. The maximum absolute atomic E-state index is 12.6. The van der Waals surface area contributed by atoms with Crippen molar-refractivity contribution in [1.29, 1.82) is 0 Å². The molecule has 3 aromatic rings. The van der Waals surface area contributed by atoms with Gasteiger partial charge in [0.25, 0.3) is 15.9 Å². The number of nitrogens with one attached hydrogen (secondary N) is 2. The highest BCUT2D eigenvalue weighted by atomic mass is 32.2. The van der Waals surface area contributed by atoms with Gasteiger partial charge in [0.2, 0.25) is 5.91 Å². The summed E-state index contributed by atoms with van der Waals surface area (Å²) < 4.78 is 33.2. The Kier molecular flexibility index (Phi) is 7.90. The molecule has 0 unspecified atom stereocenters. The molecule has 1 heterocycles. The fourth-order valence-corrected chi connectivity index (χ4v) is 4.91. The van der Waals surface area contributed by atoms with Crippen LogP contribution in [0.3, 0.4) is 0 Å². The van der Waals surface area contributed by atoms with Gasteiger partial charge in [-0.05, 0) is 73.9 Å². The van der Waals surface area contributed by atoms with Gasteiger partial charge in [0, 0.05) is 24.5 Å². The van der Waals surface area contributed by atoms with E-state index >= 15 is 0 Å². The smallest absolute Gasteiger partial charge is 0.262 e. The van der Waals surface area contributed by atoms with Crippen LogP contribution in [0, 0.1) is 6.92 Å². The Hall–Kier alpha value is -3.85. The lowest BCUT2D eigenvalue weighted by Gasteiger charge is -2.15. The fourth-order valence-electron chi connectivity index (χ4n) is 3.86. The molecule has 0 atom stereocenters. The third-order valence-electron chi connectivity index (χ3n) is 5.86. The fraction of sp³-hybridized carbons (Fsp3) is 0.259. The molecule has 8 nitrogen and oxygen atoms in total. The number of hydrogen-bond acceptors (Lipinski definition) is 5. The second-order valence-corrected chi connectivity index (χ2v) is 10.4. The van der Waals surface area contributed by atoms with E-state index in [0.29, 0.717) is 23.5 Å². The summed E-state index contributed by atoms with van der Waals surface area (Å²) in [6, 6.07) is 20.1. The standard InChI is InChI=1S/C27H29N3O5S/c1-20-4-8-23(9-5-20)29-36(33,34)25-14-12-24(13-15-25)35-19-26(31)28-22-10-6-21(7-11-22)18-27(32)30-16-2-3-17-30/h4-15,29H,2-3,16-19H2,1H3,(H,28,31). The van der Waals surface area contributed by atoms with Gasteiger partial charge in [0.05, 0.1) is 11.3 Å². The van der Waals surface area contributed by atoms with Crippen molar-refractivity contribution in [2.45, 2.75) is 31.1 Å². The van der Waals surface area contributed by atoms with Crippen molar-refractivity contribution in [3.05, 3.63) is 83.9 Å². The lowest BCUT2D eigenvalue weighted by molar-refractivity contribution is -0.129. The minimum absolute atomic E-state index is 0.0863. The van der Waals surface area contributed by atoms with E-state index in [-0.39, 0.29) is 23.3 Å². The average Bonchev–Trinajstić information content (AvgIpc) is 3.41. The Morgan fingerprint density at radius 3 is 2.11 bits per heavy atom. The SMILES string of the molecule is Cc1ccc(NS(=O)(=O)c2ccc(OCC(=O)Nc3ccc(CC(=O)N4CCCC4)cc3)cc2)cc1. The summed E-state index contributed by atoms with van der Waals surface area (Å²) in [5.41, 5.74) is 3.01. The lowest BCUT2D eigenvalue weighted by atomic mass is 10.1. The highest BCUT2D eigenvalue weighted by Gasteiger charge is 2.18. The van der Waals surface area contributed by atoms with E-state index in [1.165, 1.54) is 24.3 Å². The van der Waals surface area contributed by atoms with Crippen molar-refractivity contribution >= 4 is 33.2 Å². The Bertz CT molecular complexity index is 1300. The maximum Gasteiger partial charge on any atom is 0.262 e. The van der Waals surface area contributed by atoms with Crippen LogP contribution in [0.5, 0.6) is 5.75 Å². The summed E-state index contributed by atoms with van der Waals surface area (Å²) in [4.78, 5) is 26.5. The van der Waals surface area contributed by atoms with E-state index in [2.05, 4.69) is 10.0 Å². The zero-order valence-corrected chi connectivity index (χ0v) is 20.9. The molecule has 9 heteroatoms. The number of rotatable bonds is 9. The largest absolute Gasteiger partial charge is 0.484 e. The van der Waals surface area contributed by atoms with Crippen LogP contribution in [-0.2, 0) is 26.0 Å². The molecule has 3 aromatic carbocycles. The van der Waals surface area contributed by atoms with E-state index in [9.17, 15) is 18.0 Å². The van der Waals surface area contributed by atoms with Crippen molar-refractivity contribution in [3.8, 4) is 5.75 Å². The van der Waals surface area contributed by atoms with Crippen molar-refractivity contribution in [2.75, 3.05) is 29.7 Å². The second-order valence-electron chi connectivity index (χ2n) is 8.74. The van der Waals surface area contributed by atoms with E-state index in [0.717, 1.165) is 37.1 Å². The third kappa shape index (κ3) is 6.85. The zero-order chi connectivity index (χ0) is 25.5. The minimum Gasteiger partial charge on any atom is -0.484 e. The first-order valence-electron chi connectivity index (χ1n) is 11.8. The summed E-state index contributed by atoms with van der Waals surface area (Å²) in [5.74, 6) is 0.145. The molecule has 1 saturated heterocycles. The molecule has 4 rings (SSSR count). The first-order valence-corrected chi connectivity index (χ1v) is 13.3. The number of ether oxygens (including phenoxy) is 1. The van der Waals surface area contributed by atoms with E-state index in [1.54, 1.807) is 24.3 Å². The molecule has 0 saturated carbocycles. The number of carbonyl (C=O) groups excluding carboxylic acids is 2. The first-order chi connectivity index (χ1) is 17.3. The number of hydrogen-bond donors (Lipinski definition) is 2. The van der Waals surface area contributed by atoms with E-state index in [4.69, 9.17) is 4.74 Å². The molecule has 1 fully saturated rings. The molecule has 2 N–H and O–H groups in total. The van der Waals surface area contributed by atoms with Crippen molar-refractivity contribution < 1.29 is 22.7 Å². The summed E-state index contributed by atoms with van der Waals surface area (Å²) >= 11 is 0. The molecule has 0 radical (unpaired) electrons. The van der Waals surface area contributed by atoms with Crippen LogP contribution in [0.4, 0.5) is 11.4 Å². The van der Waals surface area contributed by atoms with Crippen molar-refractivity contribution in [2.24, 2.45) is 0 Å². The van der Waals surface area contributed by atoms with Crippen LogP contribution in [0.2, 0.25) is 0 Å². The number of nitrogens with zero attached hydrogens (tertiary/aromatic N) is 1. The van der Waals surface area contributed by atoms with Gasteiger partial charge in [-0.25, -0.2) is 8.42 Å². The first kappa shape index (κ1) is 25.2. The van der Waals surface area contributed by atoms with Crippen LogP contribution >= 0.6 is 0 Å². The van der Waals surface area contributed by atoms with Crippen LogP contribution in [-0.4, -0.2) is 44.8 Å². The molecule has 0 aromatic heterocycles. The number of likely N-dealkylation sites (tertiary alicyclic amines) is 1. The molecule has 2 amide bonds. The van der Waals surface area contributed by atoms with Gasteiger partial charge in [0.1, 0.15) is 5.75 Å². The van der Waals surface area contributed by atoms with Gasteiger partial charge in [-0.2, -0.15) is 0 Å². The molecule has 188 valence electrons. The molecular formula is C27H29N3O5S. The monoisotopic (exact) mass is 507 g/mol. The molecule has 1 aliphatic heterocycles. The molecule has 0 bridgehead atoms. The highest BCUT2D eigenvalue weighted by molar-refractivity contribution is 7.92. The third-order valence-corrected chi connectivity index (χ3v) is 7.26. The van der Waals surface area contributed by atoms with Gasteiger partial charge in [-0.3, -0.25) is 14.3 Å². The zero-order valence-electron chi connectivity index (χ0n) is 20.1. The quantitative estimate of drug-likeness (QED) is 0.456. The van der Waals surface area contributed by atoms with Crippen LogP contribution in [0.25, 0.3) is 0 Å². The van der Waals surface area contributed by atoms with Gasteiger partial charge in [-0.1, -0.05) is 29.8 Å². The van der Waals surface area contributed by atoms with E-state index in [1.807, 2.05) is 36.1 Å². The van der Waals surface area contributed by atoms with E-state index < -0.39 is 10.0 Å². The highest BCUT2D eigenvalue weighted by Crippen LogP contribution is 2.20. The molecule has 36 heavy (non-hydrogen) atoms. The van der Waals surface area contributed by atoms with Crippen molar-refractivity contribution in [3.63, 3.8) is 0 Å². The van der Waals surface area contributed by atoms with Gasteiger partial charge >= 0.3 is 0 Å². The number of anilines is 2.